The molecular weight excluding hydrogens is 414 g/mol. The summed E-state index contributed by atoms with van der Waals surface area (Å²) < 4.78 is 11.4. The Kier molecular flexibility index (Phi) is 11.0. The van der Waals surface area contributed by atoms with Gasteiger partial charge in [-0.2, -0.15) is 0 Å². The number of cyclic esters (lactones) is 1. The minimum atomic E-state index is -0.409. The summed E-state index contributed by atoms with van der Waals surface area (Å²) in [7, 11) is 0. The molecule has 0 spiro atoms. The summed E-state index contributed by atoms with van der Waals surface area (Å²) in [5, 5.41) is 10.4. The maximum absolute atomic E-state index is 11.3. The number of esters is 1. The summed E-state index contributed by atoms with van der Waals surface area (Å²) >= 11 is 0. The number of aliphatic hydroxyl groups is 1. The molecule has 1 fully saturated rings. The lowest BCUT2D eigenvalue weighted by Crippen LogP contribution is -2.48. The summed E-state index contributed by atoms with van der Waals surface area (Å²) in [5.74, 6) is 0.164. The second-order valence-corrected chi connectivity index (χ2v) is 9.37. The fourth-order valence-corrected chi connectivity index (χ4v) is 4.23. The lowest BCUT2D eigenvalue weighted by atomic mass is 9.88. The van der Waals surface area contributed by atoms with Gasteiger partial charge in [-0.3, -0.25) is 0 Å². The highest BCUT2D eigenvalue weighted by atomic mass is 16.5. The molecule has 0 saturated carbocycles. The zero-order valence-electron chi connectivity index (χ0n) is 20.7. The van der Waals surface area contributed by atoms with Gasteiger partial charge < -0.3 is 20.3 Å². The van der Waals surface area contributed by atoms with E-state index in [1.165, 1.54) is 11.6 Å². The summed E-state index contributed by atoms with van der Waals surface area (Å²) in [5.41, 5.74) is 8.75. The van der Waals surface area contributed by atoms with E-state index in [4.69, 9.17) is 15.2 Å². The number of carbonyl (C=O) groups is 1. The normalized spacial score (nSPS) is 31.5. The van der Waals surface area contributed by atoms with Crippen LogP contribution in [0.15, 0.2) is 71.9 Å². The molecule has 5 nitrogen and oxygen atoms in total. The van der Waals surface area contributed by atoms with Crippen LogP contribution in [0.4, 0.5) is 0 Å². The summed E-state index contributed by atoms with van der Waals surface area (Å²) in [6.07, 6.45) is 20.8. The molecule has 182 valence electrons. The van der Waals surface area contributed by atoms with Crippen molar-refractivity contribution in [3.05, 3.63) is 71.9 Å². The molecule has 5 heteroatoms. The Morgan fingerprint density at radius 2 is 2.09 bits per heavy atom. The van der Waals surface area contributed by atoms with Crippen molar-refractivity contribution < 1.29 is 19.4 Å². The van der Waals surface area contributed by atoms with Gasteiger partial charge in [0, 0.05) is 30.9 Å². The van der Waals surface area contributed by atoms with Crippen molar-refractivity contribution in [1.29, 1.82) is 0 Å². The van der Waals surface area contributed by atoms with Gasteiger partial charge in [-0.25, -0.2) is 4.79 Å². The Morgan fingerprint density at radius 3 is 2.79 bits per heavy atom. The SMILES string of the molecule is C/C=C/[C@@H]1O[C@H](C(N)/C=C/C=C(\C)C[C@@H](C)/C=C(C)\C=C\[C@H]2CC=CC(=O)O2)C[C@@H](O)[C@@H]1C. The van der Waals surface area contributed by atoms with Gasteiger partial charge in [0.05, 0.1) is 18.3 Å². The van der Waals surface area contributed by atoms with Crippen molar-refractivity contribution in [2.45, 2.75) is 84.3 Å². The van der Waals surface area contributed by atoms with Gasteiger partial charge in [0.15, 0.2) is 0 Å². The van der Waals surface area contributed by atoms with Gasteiger partial charge in [0.1, 0.15) is 6.10 Å². The maximum atomic E-state index is 11.3. The highest BCUT2D eigenvalue weighted by Gasteiger charge is 2.35. The van der Waals surface area contributed by atoms with E-state index in [0.717, 1.165) is 18.4 Å². The number of hydrogen-bond acceptors (Lipinski definition) is 5. The minimum absolute atomic E-state index is 0.0677. The summed E-state index contributed by atoms with van der Waals surface area (Å²) in [6, 6.07) is -0.266. The van der Waals surface area contributed by atoms with E-state index in [1.807, 2.05) is 56.4 Å². The fourth-order valence-electron chi connectivity index (χ4n) is 4.23. The molecule has 2 rings (SSSR count). The monoisotopic (exact) mass is 455 g/mol. The average Bonchev–Trinajstić information content (AvgIpc) is 2.75. The van der Waals surface area contributed by atoms with Crippen LogP contribution in [0.2, 0.25) is 0 Å². The first-order valence-corrected chi connectivity index (χ1v) is 12.0. The lowest BCUT2D eigenvalue weighted by Gasteiger charge is -2.38. The molecule has 33 heavy (non-hydrogen) atoms. The molecular formula is C28H41NO4. The predicted octanol–water partition coefficient (Wildman–Crippen LogP) is 4.95. The number of nitrogens with two attached hydrogens (primary N) is 1. The van der Waals surface area contributed by atoms with Crippen LogP contribution in [-0.4, -0.2) is 41.5 Å². The molecule has 0 radical (unpaired) electrons. The van der Waals surface area contributed by atoms with Crippen LogP contribution in [-0.2, 0) is 14.3 Å². The highest BCUT2D eigenvalue weighted by Crippen LogP contribution is 2.28. The van der Waals surface area contributed by atoms with E-state index < -0.39 is 6.10 Å². The van der Waals surface area contributed by atoms with Crippen molar-refractivity contribution >= 4 is 5.97 Å². The molecule has 3 N–H and O–H groups in total. The number of allylic oxidation sites excluding steroid dienone is 7. The van der Waals surface area contributed by atoms with Crippen molar-refractivity contribution in [2.75, 3.05) is 0 Å². The molecule has 2 heterocycles. The smallest absolute Gasteiger partial charge is 0.331 e. The van der Waals surface area contributed by atoms with E-state index in [2.05, 4.69) is 32.9 Å². The molecule has 1 unspecified atom stereocenters. The van der Waals surface area contributed by atoms with Gasteiger partial charge >= 0.3 is 5.97 Å². The van der Waals surface area contributed by atoms with Gasteiger partial charge in [0.25, 0.3) is 0 Å². The molecule has 0 aromatic rings. The van der Waals surface area contributed by atoms with Crippen molar-refractivity contribution in [2.24, 2.45) is 17.6 Å². The third kappa shape index (κ3) is 9.28. The Balaban J connectivity index is 1.85. The highest BCUT2D eigenvalue weighted by molar-refractivity contribution is 5.82. The van der Waals surface area contributed by atoms with E-state index in [-0.39, 0.29) is 36.2 Å². The van der Waals surface area contributed by atoms with Gasteiger partial charge in [-0.1, -0.05) is 73.6 Å². The van der Waals surface area contributed by atoms with Gasteiger partial charge in [0.2, 0.25) is 0 Å². The molecule has 0 aliphatic carbocycles. The molecule has 7 atom stereocenters. The molecule has 0 amide bonds. The largest absolute Gasteiger partial charge is 0.455 e. The third-order valence-corrected chi connectivity index (χ3v) is 6.11. The quantitative estimate of drug-likeness (QED) is 0.292. The van der Waals surface area contributed by atoms with E-state index in [9.17, 15) is 9.90 Å². The first kappa shape index (κ1) is 27.0. The predicted molar refractivity (Wildman–Crippen MR) is 134 cm³/mol. The Hall–Kier alpha value is -2.21. The molecule has 1 saturated heterocycles. The number of carbonyl (C=O) groups excluding carboxylic acids is 1. The molecule has 0 bridgehead atoms. The van der Waals surface area contributed by atoms with Crippen LogP contribution >= 0.6 is 0 Å². The zero-order valence-corrected chi connectivity index (χ0v) is 20.7. The van der Waals surface area contributed by atoms with E-state index in [0.29, 0.717) is 12.3 Å². The number of aliphatic hydroxyl groups excluding tert-OH is 1. The van der Waals surface area contributed by atoms with Crippen LogP contribution < -0.4 is 5.73 Å². The van der Waals surface area contributed by atoms with Crippen LogP contribution in [0.5, 0.6) is 0 Å². The first-order chi connectivity index (χ1) is 15.7. The van der Waals surface area contributed by atoms with E-state index in [1.54, 1.807) is 0 Å². The van der Waals surface area contributed by atoms with Gasteiger partial charge in [-0.15, -0.1) is 0 Å². The van der Waals surface area contributed by atoms with Crippen molar-refractivity contribution in [3.8, 4) is 0 Å². The Bertz CT molecular complexity index is 820. The molecule has 0 aromatic heterocycles. The third-order valence-electron chi connectivity index (χ3n) is 6.11. The standard InChI is InChI=1S/C28H41NO4/c1-6-9-26-22(5)25(30)18-27(33-26)24(29)12-7-10-19(2)16-21(4)17-20(3)14-15-23-11-8-13-28(31)32-23/h6-10,12-15,17,21-27,30H,11,16,18,29H2,1-5H3/b9-6+,12-7+,15-14+,19-10+,20-17-/t21-,22+,23-,24?,25-,26+,27+/m1/s1. The second-order valence-electron chi connectivity index (χ2n) is 9.37. The van der Waals surface area contributed by atoms with Crippen LogP contribution in [0.1, 0.15) is 53.9 Å². The first-order valence-electron chi connectivity index (χ1n) is 12.0. The van der Waals surface area contributed by atoms with Crippen LogP contribution in [0, 0.1) is 11.8 Å². The Labute approximate surface area is 199 Å². The lowest BCUT2D eigenvalue weighted by molar-refractivity contribution is -0.141. The van der Waals surface area contributed by atoms with Crippen molar-refractivity contribution in [1.82, 2.24) is 0 Å². The number of hydrogen-bond donors (Lipinski definition) is 2. The molecule has 0 aromatic carbocycles. The average molecular weight is 456 g/mol. The van der Waals surface area contributed by atoms with Crippen LogP contribution in [0.25, 0.3) is 0 Å². The summed E-state index contributed by atoms with van der Waals surface area (Å²) in [4.78, 5) is 11.3. The zero-order chi connectivity index (χ0) is 24.4. The van der Waals surface area contributed by atoms with Crippen molar-refractivity contribution in [3.63, 3.8) is 0 Å². The minimum Gasteiger partial charge on any atom is -0.455 e. The number of rotatable bonds is 9. The van der Waals surface area contributed by atoms with Crippen LogP contribution in [0.3, 0.4) is 0 Å². The van der Waals surface area contributed by atoms with Gasteiger partial charge in [-0.05, 0) is 39.2 Å². The second kappa shape index (κ2) is 13.5. The number of ether oxygens (including phenoxy) is 2. The fraction of sp³-hybridized carbons (Fsp3) is 0.536. The maximum Gasteiger partial charge on any atom is 0.331 e. The topological polar surface area (TPSA) is 81.8 Å². The van der Waals surface area contributed by atoms with E-state index >= 15 is 0 Å². The molecule has 2 aliphatic rings. The Morgan fingerprint density at radius 1 is 1.33 bits per heavy atom. The summed E-state index contributed by atoms with van der Waals surface area (Å²) in [6.45, 7) is 10.3. The molecule has 2 aliphatic heterocycles.